The number of aromatic nitrogens is 3. The molecule has 1 aliphatic carbocycles. The third-order valence-electron chi connectivity index (χ3n) is 5.64. The standard InChI is InChI=1S/C21H28N6O/c1-16-23-19(25-18-8-4-5-9-22-18)15-20(24-16)26-10-12-27(13-11-26)21(28)14-17-6-2-3-7-17/h4-5,8-9,15,17H,2-3,6-7,10-14H2,1H3,(H,22,23,24,25). The van der Waals surface area contributed by atoms with Crippen LogP contribution in [0, 0.1) is 12.8 Å². The van der Waals surface area contributed by atoms with E-state index in [1.807, 2.05) is 36.1 Å². The molecule has 2 fully saturated rings. The maximum absolute atomic E-state index is 12.6. The van der Waals surface area contributed by atoms with E-state index in [4.69, 9.17) is 0 Å². The molecule has 2 aromatic rings. The number of carbonyl (C=O) groups excluding carboxylic acids is 1. The van der Waals surface area contributed by atoms with Gasteiger partial charge in [0.05, 0.1) is 0 Å². The van der Waals surface area contributed by atoms with Crippen molar-refractivity contribution in [2.75, 3.05) is 36.4 Å². The van der Waals surface area contributed by atoms with E-state index in [2.05, 4.69) is 25.2 Å². The topological polar surface area (TPSA) is 74.2 Å². The largest absolute Gasteiger partial charge is 0.353 e. The number of nitrogens with one attached hydrogen (secondary N) is 1. The van der Waals surface area contributed by atoms with Gasteiger partial charge in [0.15, 0.2) is 0 Å². The lowest BCUT2D eigenvalue weighted by molar-refractivity contribution is -0.132. The van der Waals surface area contributed by atoms with E-state index in [0.29, 0.717) is 11.8 Å². The lowest BCUT2D eigenvalue weighted by atomic mass is 10.0. The molecule has 7 heteroatoms. The Labute approximate surface area is 166 Å². The van der Waals surface area contributed by atoms with Crippen LogP contribution in [0.5, 0.6) is 0 Å². The summed E-state index contributed by atoms with van der Waals surface area (Å²) in [5.41, 5.74) is 0. The summed E-state index contributed by atoms with van der Waals surface area (Å²) in [6.45, 7) is 5.02. The summed E-state index contributed by atoms with van der Waals surface area (Å²) in [6, 6.07) is 7.69. The molecule has 0 aromatic carbocycles. The molecule has 1 aliphatic heterocycles. The molecule has 0 spiro atoms. The lowest BCUT2D eigenvalue weighted by Gasteiger charge is -2.36. The first-order valence-corrected chi connectivity index (χ1v) is 10.2. The number of hydrogen-bond acceptors (Lipinski definition) is 6. The SMILES string of the molecule is Cc1nc(Nc2ccccn2)cc(N2CCN(C(=O)CC3CCCC3)CC2)n1. The Kier molecular flexibility index (Phi) is 5.69. The minimum absolute atomic E-state index is 0.322. The van der Waals surface area contributed by atoms with E-state index in [1.165, 1.54) is 25.7 Å². The van der Waals surface area contributed by atoms with Gasteiger partial charge in [-0.25, -0.2) is 15.0 Å². The number of rotatable bonds is 5. The van der Waals surface area contributed by atoms with Gasteiger partial charge in [-0.2, -0.15) is 0 Å². The Morgan fingerprint density at radius 1 is 1.11 bits per heavy atom. The first kappa shape index (κ1) is 18.7. The summed E-state index contributed by atoms with van der Waals surface area (Å²) in [6.07, 6.45) is 7.49. The summed E-state index contributed by atoms with van der Waals surface area (Å²) in [5, 5.41) is 3.24. The molecule has 4 rings (SSSR count). The highest BCUT2D eigenvalue weighted by Crippen LogP contribution is 2.28. The molecule has 2 aliphatic rings. The normalized spacial score (nSPS) is 17.8. The average molecular weight is 380 g/mol. The highest BCUT2D eigenvalue weighted by Gasteiger charge is 2.25. The zero-order valence-corrected chi connectivity index (χ0v) is 16.5. The highest BCUT2D eigenvalue weighted by molar-refractivity contribution is 5.76. The maximum atomic E-state index is 12.6. The fourth-order valence-corrected chi connectivity index (χ4v) is 4.12. The Morgan fingerprint density at radius 3 is 2.61 bits per heavy atom. The second-order valence-corrected chi connectivity index (χ2v) is 7.72. The van der Waals surface area contributed by atoms with Crippen LogP contribution in [0.15, 0.2) is 30.5 Å². The number of anilines is 3. The van der Waals surface area contributed by atoms with Gasteiger partial charge in [-0.1, -0.05) is 18.9 Å². The van der Waals surface area contributed by atoms with Crippen molar-refractivity contribution < 1.29 is 4.79 Å². The van der Waals surface area contributed by atoms with Gasteiger partial charge < -0.3 is 15.1 Å². The summed E-state index contributed by atoms with van der Waals surface area (Å²) in [4.78, 5) is 30.2. The average Bonchev–Trinajstić information content (AvgIpc) is 3.21. The van der Waals surface area contributed by atoms with Crippen molar-refractivity contribution in [1.82, 2.24) is 19.9 Å². The molecule has 1 N–H and O–H groups in total. The number of pyridine rings is 1. The summed E-state index contributed by atoms with van der Waals surface area (Å²) in [7, 11) is 0. The van der Waals surface area contributed by atoms with Gasteiger partial charge in [0.1, 0.15) is 23.3 Å². The quantitative estimate of drug-likeness (QED) is 0.859. The van der Waals surface area contributed by atoms with Gasteiger partial charge in [0.25, 0.3) is 0 Å². The van der Waals surface area contributed by atoms with Crippen molar-refractivity contribution in [2.45, 2.75) is 39.0 Å². The first-order chi connectivity index (χ1) is 13.7. The fraction of sp³-hybridized carbons (Fsp3) is 0.524. The molecule has 28 heavy (non-hydrogen) atoms. The number of amides is 1. The number of aryl methyl sites for hydroxylation is 1. The molecule has 0 bridgehead atoms. The molecule has 0 atom stereocenters. The van der Waals surface area contributed by atoms with Crippen molar-refractivity contribution >= 4 is 23.4 Å². The molecule has 3 heterocycles. The van der Waals surface area contributed by atoms with Gasteiger partial charge in [0.2, 0.25) is 5.91 Å². The van der Waals surface area contributed by atoms with Crippen molar-refractivity contribution in [2.24, 2.45) is 5.92 Å². The number of hydrogen-bond donors (Lipinski definition) is 1. The predicted molar refractivity (Wildman–Crippen MR) is 110 cm³/mol. The van der Waals surface area contributed by atoms with E-state index in [1.54, 1.807) is 6.20 Å². The van der Waals surface area contributed by atoms with Crippen LogP contribution in [0.4, 0.5) is 17.5 Å². The van der Waals surface area contributed by atoms with Gasteiger partial charge in [-0.15, -0.1) is 0 Å². The number of carbonyl (C=O) groups is 1. The predicted octanol–water partition coefficient (Wildman–Crippen LogP) is 3.15. The second kappa shape index (κ2) is 8.54. The fourth-order valence-electron chi connectivity index (χ4n) is 4.12. The van der Waals surface area contributed by atoms with E-state index < -0.39 is 0 Å². The molecule has 1 saturated carbocycles. The van der Waals surface area contributed by atoms with Crippen LogP contribution < -0.4 is 10.2 Å². The Hall–Kier alpha value is -2.70. The van der Waals surface area contributed by atoms with Gasteiger partial charge in [-0.05, 0) is 37.8 Å². The maximum Gasteiger partial charge on any atom is 0.222 e. The lowest BCUT2D eigenvalue weighted by Crippen LogP contribution is -2.49. The van der Waals surface area contributed by atoms with Gasteiger partial charge >= 0.3 is 0 Å². The zero-order chi connectivity index (χ0) is 19.3. The van der Waals surface area contributed by atoms with Gasteiger partial charge in [0, 0.05) is 44.9 Å². The number of piperazine rings is 1. The van der Waals surface area contributed by atoms with Crippen LogP contribution in [-0.2, 0) is 4.79 Å². The van der Waals surface area contributed by atoms with E-state index >= 15 is 0 Å². The van der Waals surface area contributed by atoms with E-state index in [0.717, 1.165) is 55.9 Å². The first-order valence-electron chi connectivity index (χ1n) is 10.2. The van der Waals surface area contributed by atoms with Crippen molar-refractivity contribution in [1.29, 1.82) is 0 Å². The van der Waals surface area contributed by atoms with E-state index in [-0.39, 0.29) is 0 Å². The highest BCUT2D eigenvalue weighted by atomic mass is 16.2. The van der Waals surface area contributed by atoms with Crippen molar-refractivity contribution in [3.63, 3.8) is 0 Å². The molecule has 7 nitrogen and oxygen atoms in total. The van der Waals surface area contributed by atoms with Crippen molar-refractivity contribution in [3.8, 4) is 0 Å². The Bertz CT molecular complexity index is 798. The summed E-state index contributed by atoms with van der Waals surface area (Å²) in [5.74, 6) is 4.04. The molecule has 148 valence electrons. The smallest absolute Gasteiger partial charge is 0.222 e. The zero-order valence-electron chi connectivity index (χ0n) is 16.5. The van der Waals surface area contributed by atoms with Crippen LogP contribution >= 0.6 is 0 Å². The van der Waals surface area contributed by atoms with Crippen LogP contribution in [-0.4, -0.2) is 51.9 Å². The minimum atomic E-state index is 0.322. The molecular formula is C21H28N6O. The van der Waals surface area contributed by atoms with Crippen LogP contribution in [0.25, 0.3) is 0 Å². The summed E-state index contributed by atoms with van der Waals surface area (Å²) >= 11 is 0. The minimum Gasteiger partial charge on any atom is -0.353 e. The van der Waals surface area contributed by atoms with Crippen LogP contribution in [0.1, 0.15) is 37.9 Å². The van der Waals surface area contributed by atoms with Crippen LogP contribution in [0.2, 0.25) is 0 Å². The third kappa shape index (κ3) is 4.58. The van der Waals surface area contributed by atoms with Gasteiger partial charge in [-0.3, -0.25) is 4.79 Å². The molecule has 2 aromatic heterocycles. The monoisotopic (exact) mass is 380 g/mol. The molecule has 1 amide bonds. The molecular weight excluding hydrogens is 352 g/mol. The van der Waals surface area contributed by atoms with Crippen molar-refractivity contribution in [3.05, 3.63) is 36.3 Å². The molecule has 0 radical (unpaired) electrons. The second-order valence-electron chi connectivity index (χ2n) is 7.72. The Balaban J connectivity index is 1.36. The molecule has 0 unspecified atom stereocenters. The third-order valence-corrected chi connectivity index (χ3v) is 5.64. The van der Waals surface area contributed by atoms with Crippen LogP contribution in [0.3, 0.4) is 0 Å². The molecule has 1 saturated heterocycles. The summed E-state index contributed by atoms with van der Waals surface area (Å²) < 4.78 is 0. The Morgan fingerprint density at radius 2 is 1.89 bits per heavy atom. The van der Waals surface area contributed by atoms with E-state index in [9.17, 15) is 4.79 Å². The number of nitrogens with zero attached hydrogens (tertiary/aromatic N) is 5.